The topological polar surface area (TPSA) is 123 Å². The van der Waals surface area contributed by atoms with Crippen molar-refractivity contribution < 1.29 is 19.1 Å². The third-order valence-corrected chi connectivity index (χ3v) is 5.31. The zero-order valence-corrected chi connectivity index (χ0v) is 19.1. The number of esters is 1. The first-order valence-corrected chi connectivity index (χ1v) is 10.6. The molecule has 0 aliphatic carbocycles. The Bertz CT molecular complexity index is 1450. The smallest absolute Gasteiger partial charge is 0.338 e. The summed E-state index contributed by atoms with van der Waals surface area (Å²) in [6.45, 7) is 0.0413. The van der Waals surface area contributed by atoms with E-state index in [0.717, 1.165) is 5.56 Å². The maximum absolute atomic E-state index is 12.8. The summed E-state index contributed by atoms with van der Waals surface area (Å²) in [5.41, 5.74) is 0.433. The van der Waals surface area contributed by atoms with E-state index in [2.05, 4.69) is 20.3 Å². The summed E-state index contributed by atoms with van der Waals surface area (Å²) in [4.78, 5) is 48.2. The summed E-state index contributed by atoms with van der Waals surface area (Å²) in [5, 5.41) is 3.73. The van der Waals surface area contributed by atoms with Gasteiger partial charge in [0.1, 0.15) is 17.8 Å². The molecule has 0 spiro atoms. The number of amides is 1. The van der Waals surface area contributed by atoms with Crippen molar-refractivity contribution in [2.24, 2.45) is 0 Å². The van der Waals surface area contributed by atoms with Crippen LogP contribution in [0.2, 0.25) is 10.0 Å². The number of fused-ring (bicyclic) bond motifs is 1. The van der Waals surface area contributed by atoms with Gasteiger partial charge in [-0.2, -0.15) is 4.98 Å². The van der Waals surface area contributed by atoms with Crippen LogP contribution in [0, 0.1) is 0 Å². The highest BCUT2D eigenvalue weighted by molar-refractivity contribution is 6.34. The number of nitrogens with zero attached hydrogens (tertiary/aromatic N) is 2. The summed E-state index contributed by atoms with van der Waals surface area (Å²) in [6.07, 6.45) is 1.41. The van der Waals surface area contributed by atoms with E-state index in [1.807, 2.05) is 0 Å². The fraction of sp³-hybridized carbons (Fsp3) is 0.0870. The van der Waals surface area contributed by atoms with Crippen molar-refractivity contribution in [3.8, 4) is 6.01 Å². The minimum absolute atomic E-state index is 0.0413. The van der Waals surface area contributed by atoms with Gasteiger partial charge in [0, 0.05) is 16.6 Å². The molecule has 2 N–H and O–H groups in total. The summed E-state index contributed by atoms with van der Waals surface area (Å²) in [5.74, 6) is -1.34. The average molecular weight is 499 g/mol. The van der Waals surface area contributed by atoms with Crippen molar-refractivity contribution >= 4 is 51.8 Å². The molecule has 2 heterocycles. The quantitative estimate of drug-likeness (QED) is 0.381. The first-order chi connectivity index (χ1) is 16.3. The molecule has 0 saturated heterocycles. The number of carbonyl (C=O) groups excluding carboxylic acids is 2. The lowest BCUT2D eigenvalue weighted by atomic mass is 10.1. The number of hydrogen-bond acceptors (Lipinski definition) is 7. The predicted octanol–water partition coefficient (Wildman–Crippen LogP) is 4.24. The second-order valence-corrected chi connectivity index (χ2v) is 7.87. The standard InChI is InChI=1S/C23H16Cl2N4O5/c1-33-23-26-10-14-8-16(21(31)28-19(14)29-23)20(30)27-18-9-13(4-7-17(18)25)22(32)34-11-12-2-5-15(24)6-3-12/h2-10H,11H2,1H3,(H,27,30)(H,26,28,29,31). The van der Waals surface area contributed by atoms with Gasteiger partial charge in [-0.3, -0.25) is 9.59 Å². The molecule has 4 aromatic rings. The molecule has 4 rings (SSSR count). The van der Waals surface area contributed by atoms with E-state index in [4.69, 9.17) is 32.7 Å². The van der Waals surface area contributed by atoms with Crippen molar-refractivity contribution in [1.29, 1.82) is 0 Å². The summed E-state index contributed by atoms with van der Waals surface area (Å²) in [7, 11) is 1.40. The number of rotatable bonds is 6. The largest absolute Gasteiger partial charge is 0.467 e. The molecule has 1 amide bonds. The molecule has 0 aliphatic rings. The molecule has 34 heavy (non-hydrogen) atoms. The normalized spacial score (nSPS) is 10.7. The van der Waals surface area contributed by atoms with Crippen molar-refractivity contribution in [2.45, 2.75) is 6.61 Å². The van der Waals surface area contributed by atoms with Crippen LogP contribution in [0.3, 0.4) is 0 Å². The maximum atomic E-state index is 12.8. The van der Waals surface area contributed by atoms with E-state index in [-0.39, 0.29) is 40.1 Å². The minimum atomic E-state index is -0.729. The number of aromatic nitrogens is 3. The van der Waals surface area contributed by atoms with Gasteiger partial charge in [-0.15, -0.1) is 0 Å². The number of hydrogen-bond donors (Lipinski definition) is 2. The highest BCUT2D eigenvalue weighted by Gasteiger charge is 2.17. The van der Waals surface area contributed by atoms with Crippen LogP contribution < -0.4 is 15.6 Å². The molecule has 2 aromatic heterocycles. The van der Waals surface area contributed by atoms with E-state index < -0.39 is 17.4 Å². The maximum Gasteiger partial charge on any atom is 0.338 e. The fourth-order valence-electron chi connectivity index (χ4n) is 2.99. The van der Waals surface area contributed by atoms with Crippen LogP contribution in [0.1, 0.15) is 26.3 Å². The van der Waals surface area contributed by atoms with Crippen LogP contribution in [0.15, 0.2) is 59.5 Å². The molecule has 0 atom stereocenters. The van der Waals surface area contributed by atoms with Gasteiger partial charge in [0.15, 0.2) is 0 Å². The monoisotopic (exact) mass is 498 g/mol. The molecular weight excluding hydrogens is 483 g/mol. The highest BCUT2D eigenvalue weighted by atomic mass is 35.5. The second kappa shape index (κ2) is 9.90. The highest BCUT2D eigenvalue weighted by Crippen LogP contribution is 2.24. The SMILES string of the molecule is COc1ncc2cc(C(=O)Nc3cc(C(=O)OCc4ccc(Cl)cc4)ccc3Cl)c(=O)[nH]c2n1. The Kier molecular flexibility index (Phi) is 6.76. The van der Waals surface area contributed by atoms with Gasteiger partial charge < -0.3 is 19.8 Å². The number of methoxy groups -OCH3 is 1. The molecule has 0 bridgehead atoms. The van der Waals surface area contributed by atoms with Crippen LogP contribution in [-0.4, -0.2) is 33.9 Å². The van der Waals surface area contributed by atoms with Crippen LogP contribution in [0.25, 0.3) is 11.0 Å². The van der Waals surface area contributed by atoms with Crippen molar-refractivity contribution in [1.82, 2.24) is 15.0 Å². The van der Waals surface area contributed by atoms with Gasteiger partial charge in [-0.25, -0.2) is 9.78 Å². The van der Waals surface area contributed by atoms with Crippen molar-refractivity contribution in [2.75, 3.05) is 12.4 Å². The molecule has 11 heteroatoms. The van der Waals surface area contributed by atoms with E-state index in [0.29, 0.717) is 10.4 Å². The van der Waals surface area contributed by atoms with Gasteiger partial charge in [-0.05, 0) is 42.0 Å². The second-order valence-electron chi connectivity index (χ2n) is 7.02. The van der Waals surface area contributed by atoms with Crippen LogP contribution in [0.4, 0.5) is 5.69 Å². The summed E-state index contributed by atoms with van der Waals surface area (Å²) in [6, 6.07) is 12.6. The van der Waals surface area contributed by atoms with Gasteiger partial charge >= 0.3 is 12.0 Å². The molecule has 0 saturated carbocycles. The van der Waals surface area contributed by atoms with E-state index in [9.17, 15) is 14.4 Å². The minimum Gasteiger partial charge on any atom is -0.467 e. The van der Waals surface area contributed by atoms with Crippen LogP contribution >= 0.6 is 23.2 Å². The number of carbonyl (C=O) groups is 2. The Morgan fingerprint density at radius 3 is 2.59 bits per heavy atom. The average Bonchev–Trinajstić information content (AvgIpc) is 2.83. The fourth-order valence-corrected chi connectivity index (χ4v) is 3.28. The van der Waals surface area contributed by atoms with Crippen molar-refractivity contribution in [3.63, 3.8) is 0 Å². The van der Waals surface area contributed by atoms with Crippen LogP contribution in [0.5, 0.6) is 6.01 Å². The zero-order chi connectivity index (χ0) is 24.2. The van der Waals surface area contributed by atoms with Gasteiger partial charge in [0.2, 0.25) is 0 Å². The van der Waals surface area contributed by atoms with Crippen LogP contribution in [-0.2, 0) is 11.3 Å². The Morgan fingerprint density at radius 1 is 1.09 bits per heavy atom. The number of nitrogens with one attached hydrogen (secondary N) is 2. The Morgan fingerprint density at radius 2 is 1.85 bits per heavy atom. The third kappa shape index (κ3) is 5.16. The number of ether oxygens (including phenoxy) is 2. The predicted molar refractivity (Wildman–Crippen MR) is 127 cm³/mol. The molecule has 9 nitrogen and oxygen atoms in total. The van der Waals surface area contributed by atoms with Crippen molar-refractivity contribution in [3.05, 3.63) is 91.8 Å². The molecule has 0 radical (unpaired) electrons. The summed E-state index contributed by atoms with van der Waals surface area (Å²) >= 11 is 12.0. The Labute approximate surface area is 202 Å². The van der Waals surface area contributed by atoms with Gasteiger partial charge in [0.25, 0.3) is 11.5 Å². The molecule has 172 valence electrons. The molecule has 0 unspecified atom stereocenters. The van der Waals surface area contributed by atoms with E-state index in [1.165, 1.54) is 37.6 Å². The van der Waals surface area contributed by atoms with E-state index >= 15 is 0 Å². The molecule has 0 fully saturated rings. The lowest BCUT2D eigenvalue weighted by Crippen LogP contribution is -2.23. The molecule has 2 aromatic carbocycles. The first kappa shape index (κ1) is 23.2. The lowest BCUT2D eigenvalue weighted by molar-refractivity contribution is 0.0472. The Hall–Kier alpha value is -3.95. The summed E-state index contributed by atoms with van der Waals surface area (Å²) < 4.78 is 10.2. The third-order valence-electron chi connectivity index (χ3n) is 4.73. The number of H-pyrrole nitrogens is 1. The first-order valence-electron chi connectivity index (χ1n) is 9.80. The van der Waals surface area contributed by atoms with Gasteiger partial charge in [-0.1, -0.05) is 35.3 Å². The molecular formula is C23H16Cl2N4O5. The number of benzene rings is 2. The lowest BCUT2D eigenvalue weighted by Gasteiger charge is -2.10. The number of pyridine rings is 1. The number of halogens is 2. The van der Waals surface area contributed by atoms with Gasteiger partial charge in [0.05, 0.1) is 23.4 Å². The number of aromatic amines is 1. The van der Waals surface area contributed by atoms with E-state index in [1.54, 1.807) is 24.3 Å². The molecule has 0 aliphatic heterocycles. The zero-order valence-electron chi connectivity index (χ0n) is 17.6. The Balaban J connectivity index is 1.52. The number of anilines is 1.